The molecule has 0 spiro atoms. The van der Waals surface area contributed by atoms with E-state index < -0.39 is 0 Å². The van der Waals surface area contributed by atoms with Crippen molar-refractivity contribution >= 4 is 16.7 Å². The van der Waals surface area contributed by atoms with Crippen LogP contribution in [-0.2, 0) is 7.05 Å². The summed E-state index contributed by atoms with van der Waals surface area (Å²) in [4.78, 5) is 0. The number of nitrogen functional groups attached to an aromatic ring is 1. The maximum Gasteiger partial charge on any atom is 0.129 e. The van der Waals surface area contributed by atoms with Gasteiger partial charge in [0.15, 0.2) is 0 Å². The molecule has 0 unspecified atom stereocenters. The minimum atomic E-state index is 0.739. The molecule has 2 N–H and O–H groups in total. The van der Waals surface area contributed by atoms with Gasteiger partial charge in [0.25, 0.3) is 0 Å². The lowest BCUT2D eigenvalue weighted by Crippen LogP contribution is -1.97. The second-order valence-electron chi connectivity index (χ2n) is 2.98. The van der Waals surface area contributed by atoms with E-state index in [0.717, 1.165) is 16.7 Å². The minimum absolute atomic E-state index is 0.739. The molecule has 0 atom stereocenters. The van der Waals surface area contributed by atoms with Crippen LogP contribution in [0.3, 0.4) is 0 Å². The van der Waals surface area contributed by atoms with E-state index in [9.17, 15) is 0 Å². The van der Waals surface area contributed by atoms with Crippen LogP contribution in [0.25, 0.3) is 10.9 Å². The van der Waals surface area contributed by atoms with Crippen molar-refractivity contribution in [2.45, 2.75) is 6.92 Å². The van der Waals surface area contributed by atoms with Crippen molar-refractivity contribution < 1.29 is 0 Å². The van der Waals surface area contributed by atoms with Crippen LogP contribution in [0.5, 0.6) is 0 Å². The molecule has 0 amide bonds. The topological polar surface area (TPSA) is 43.8 Å². The first-order valence-corrected chi connectivity index (χ1v) is 3.88. The SMILES string of the molecule is Cc1cccc2nn(C)c(N)c12. The van der Waals surface area contributed by atoms with Crippen LogP contribution < -0.4 is 5.73 Å². The van der Waals surface area contributed by atoms with Gasteiger partial charge in [0.1, 0.15) is 5.82 Å². The largest absolute Gasteiger partial charge is 0.383 e. The fourth-order valence-corrected chi connectivity index (χ4v) is 1.45. The zero-order valence-electron chi connectivity index (χ0n) is 7.20. The predicted molar refractivity (Wildman–Crippen MR) is 49.9 cm³/mol. The first kappa shape index (κ1) is 7.16. The van der Waals surface area contributed by atoms with Crippen LogP contribution in [-0.4, -0.2) is 9.78 Å². The Bertz CT molecular complexity index is 429. The number of hydrogen-bond acceptors (Lipinski definition) is 2. The summed E-state index contributed by atoms with van der Waals surface area (Å²) in [5, 5.41) is 5.33. The smallest absolute Gasteiger partial charge is 0.129 e. The van der Waals surface area contributed by atoms with Gasteiger partial charge in [-0.2, -0.15) is 5.10 Å². The molecule has 0 saturated heterocycles. The van der Waals surface area contributed by atoms with Gasteiger partial charge in [-0.05, 0) is 18.6 Å². The summed E-state index contributed by atoms with van der Waals surface area (Å²) in [7, 11) is 1.86. The first-order chi connectivity index (χ1) is 5.70. The van der Waals surface area contributed by atoms with E-state index in [1.165, 1.54) is 5.56 Å². The lowest BCUT2D eigenvalue weighted by Gasteiger charge is -1.95. The average molecular weight is 161 g/mol. The Hall–Kier alpha value is -1.51. The van der Waals surface area contributed by atoms with E-state index in [-0.39, 0.29) is 0 Å². The third-order valence-corrected chi connectivity index (χ3v) is 2.11. The Kier molecular flexibility index (Phi) is 1.33. The average Bonchev–Trinajstić information content (AvgIpc) is 2.29. The van der Waals surface area contributed by atoms with Gasteiger partial charge in [0.05, 0.1) is 5.52 Å². The molecule has 3 heteroatoms. The zero-order valence-corrected chi connectivity index (χ0v) is 7.20. The van der Waals surface area contributed by atoms with Crippen molar-refractivity contribution in [3.63, 3.8) is 0 Å². The van der Waals surface area contributed by atoms with E-state index in [0.29, 0.717) is 0 Å². The normalized spacial score (nSPS) is 10.8. The van der Waals surface area contributed by atoms with Gasteiger partial charge < -0.3 is 5.73 Å². The summed E-state index contributed by atoms with van der Waals surface area (Å²) < 4.78 is 1.71. The van der Waals surface area contributed by atoms with Gasteiger partial charge in [-0.25, -0.2) is 0 Å². The zero-order chi connectivity index (χ0) is 8.72. The van der Waals surface area contributed by atoms with Crippen molar-refractivity contribution in [2.24, 2.45) is 7.05 Å². The number of aromatic nitrogens is 2. The van der Waals surface area contributed by atoms with Crippen molar-refractivity contribution in [1.82, 2.24) is 9.78 Å². The first-order valence-electron chi connectivity index (χ1n) is 3.88. The molecule has 2 aromatic rings. The summed E-state index contributed by atoms with van der Waals surface area (Å²) in [5.74, 6) is 0.739. The van der Waals surface area contributed by atoms with Crippen molar-refractivity contribution in [1.29, 1.82) is 0 Å². The summed E-state index contributed by atoms with van der Waals surface area (Å²) in [5.41, 5.74) is 7.99. The van der Waals surface area contributed by atoms with Gasteiger partial charge in [-0.3, -0.25) is 4.68 Å². The van der Waals surface area contributed by atoms with Crippen molar-refractivity contribution in [3.8, 4) is 0 Å². The Morgan fingerprint density at radius 1 is 1.42 bits per heavy atom. The van der Waals surface area contributed by atoms with Gasteiger partial charge >= 0.3 is 0 Å². The monoisotopic (exact) mass is 161 g/mol. The van der Waals surface area contributed by atoms with Gasteiger partial charge in [-0.15, -0.1) is 0 Å². The summed E-state index contributed by atoms with van der Waals surface area (Å²) in [6.45, 7) is 2.04. The Balaban J connectivity index is 2.97. The third-order valence-electron chi connectivity index (χ3n) is 2.11. The van der Waals surface area contributed by atoms with E-state index in [1.54, 1.807) is 4.68 Å². The number of hydrogen-bond donors (Lipinski definition) is 1. The maximum absolute atomic E-state index is 5.84. The van der Waals surface area contributed by atoms with Crippen LogP contribution in [0.1, 0.15) is 5.56 Å². The molecule has 1 aromatic heterocycles. The molecule has 0 fully saturated rings. The molecule has 62 valence electrons. The number of nitrogens with zero attached hydrogens (tertiary/aromatic N) is 2. The van der Waals surface area contributed by atoms with Crippen LogP contribution in [0.2, 0.25) is 0 Å². The number of anilines is 1. The molecule has 1 aromatic carbocycles. The Morgan fingerprint density at radius 2 is 2.17 bits per heavy atom. The maximum atomic E-state index is 5.84. The molecule has 0 aliphatic carbocycles. The van der Waals surface area contributed by atoms with Gasteiger partial charge in [0, 0.05) is 12.4 Å². The Morgan fingerprint density at radius 3 is 2.83 bits per heavy atom. The molecular weight excluding hydrogens is 150 g/mol. The summed E-state index contributed by atoms with van der Waals surface area (Å²) in [6.07, 6.45) is 0. The molecule has 0 aliphatic heterocycles. The quantitative estimate of drug-likeness (QED) is 0.635. The molecule has 1 heterocycles. The van der Waals surface area contributed by atoms with Crippen LogP contribution in [0.4, 0.5) is 5.82 Å². The lowest BCUT2D eigenvalue weighted by atomic mass is 10.1. The highest BCUT2D eigenvalue weighted by Gasteiger charge is 2.06. The molecule has 0 radical (unpaired) electrons. The molecule has 2 rings (SSSR count). The summed E-state index contributed by atoms with van der Waals surface area (Å²) in [6, 6.07) is 6.00. The standard InChI is InChI=1S/C9H11N3/c1-6-4-3-5-7-8(6)9(10)12(2)11-7/h3-5H,10H2,1-2H3. The second kappa shape index (κ2) is 2.24. The predicted octanol–water partition coefficient (Wildman–Crippen LogP) is 1.46. The highest BCUT2D eigenvalue weighted by Crippen LogP contribution is 2.22. The Labute approximate surface area is 70.8 Å². The molecule has 0 saturated carbocycles. The molecule has 0 bridgehead atoms. The lowest BCUT2D eigenvalue weighted by molar-refractivity contribution is 0.791. The van der Waals surface area contributed by atoms with E-state index >= 15 is 0 Å². The molecule has 0 aliphatic rings. The molecular formula is C9H11N3. The fourth-order valence-electron chi connectivity index (χ4n) is 1.45. The fraction of sp³-hybridized carbons (Fsp3) is 0.222. The van der Waals surface area contributed by atoms with Crippen LogP contribution in [0, 0.1) is 6.92 Å². The van der Waals surface area contributed by atoms with Crippen LogP contribution in [0.15, 0.2) is 18.2 Å². The number of aryl methyl sites for hydroxylation is 2. The third kappa shape index (κ3) is 0.794. The van der Waals surface area contributed by atoms with Gasteiger partial charge in [-0.1, -0.05) is 12.1 Å². The number of rotatable bonds is 0. The van der Waals surface area contributed by atoms with Gasteiger partial charge in [0.2, 0.25) is 0 Å². The second-order valence-corrected chi connectivity index (χ2v) is 2.98. The van der Waals surface area contributed by atoms with Crippen molar-refractivity contribution in [3.05, 3.63) is 23.8 Å². The van der Waals surface area contributed by atoms with E-state index in [1.807, 2.05) is 32.2 Å². The van der Waals surface area contributed by atoms with Crippen LogP contribution >= 0.6 is 0 Å². The number of fused-ring (bicyclic) bond motifs is 1. The van der Waals surface area contributed by atoms with E-state index in [4.69, 9.17) is 5.73 Å². The number of benzene rings is 1. The van der Waals surface area contributed by atoms with Crippen molar-refractivity contribution in [2.75, 3.05) is 5.73 Å². The highest BCUT2D eigenvalue weighted by molar-refractivity contribution is 5.91. The summed E-state index contributed by atoms with van der Waals surface area (Å²) >= 11 is 0. The number of nitrogens with two attached hydrogens (primary N) is 1. The van der Waals surface area contributed by atoms with E-state index in [2.05, 4.69) is 5.10 Å². The minimum Gasteiger partial charge on any atom is -0.383 e. The molecule has 12 heavy (non-hydrogen) atoms. The highest BCUT2D eigenvalue weighted by atomic mass is 15.3. The molecule has 3 nitrogen and oxygen atoms in total.